The number of benzene rings is 1. The van der Waals surface area contributed by atoms with Gasteiger partial charge in [0.05, 0.1) is 29.4 Å². The maximum atomic E-state index is 12.8. The van der Waals surface area contributed by atoms with E-state index in [9.17, 15) is 14.4 Å². The van der Waals surface area contributed by atoms with Crippen molar-refractivity contribution in [2.75, 3.05) is 12.4 Å². The largest absolute Gasteiger partial charge is 0.464 e. The van der Waals surface area contributed by atoms with E-state index < -0.39 is 17.3 Å². The second kappa shape index (κ2) is 6.67. The van der Waals surface area contributed by atoms with E-state index in [0.717, 1.165) is 5.56 Å². The van der Waals surface area contributed by atoms with E-state index in [4.69, 9.17) is 4.74 Å². The number of aromatic nitrogens is 4. The summed E-state index contributed by atoms with van der Waals surface area (Å²) in [6.45, 7) is 3.50. The minimum atomic E-state index is -0.722. The van der Waals surface area contributed by atoms with Gasteiger partial charge in [-0.15, -0.1) is 0 Å². The van der Waals surface area contributed by atoms with Gasteiger partial charge in [-0.05, 0) is 26.0 Å². The Bertz CT molecular complexity index is 1140. The normalized spacial score (nSPS) is 10.9. The lowest BCUT2D eigenvalue weighted by Crippen LogP contribution is -2.27. The number of carbonyl (C=O) groups is 2. The highest BCUT2D eigenvalue weighted by molar-refractivity contribution is 6.07. The third-order valence-electron chi connectivity index (χ3n) is 4.26. The van der Waals surface area contributed by atoms with Crippen molar-refractivity contribution >= 4 is 28.5 Å². The highest BCUT2D eigenvalue weighted by Crippen LogP contribution is 2.21. The van der Waals surface area contributed by atoms with Crippen molar-refractivity contribution in [3.8, 4) is 0 Å². The van der Waals surface area contributed by atoms with Crippen LogP contribution in [0.1, 0.15) is 32.2 Å². The van der Waals surface area contributed by atoms with Crippen molar-refractivity contribution < 1.29 is 14.3 Å². The Morgan fingerprint density at radius 3 is 2.48 bits per heavy atom. The molecule has 0 aliphatic carbocycles. The van der Waals surface area contributed by atoms with Gasteiger partial charge in [0, 0.05) is 14.1 Å². The Balaban J connectivity index is 2.10. The molecule has 0 bridgehead atoms. The van der Waals surface area contributed by atoms with Crippen molar-refractivity contribution in [2.24, 2.45) is 14.1 Å². The number of fused-ring (bicyclic) bond motifs is 1. The number of ether oxygens (including phenoxy) is 1. The first kappa shape index (κ1) is 18.3. The second-order valence-corrected chi connectivity index (χ2v) is 6.20. The molecule has 3 rings (SSSR count). The number of esters is 1. The van der Waals surface area contributed by atoms with Gasteiger partial charge in [-0.2, -0.15) is 10.2 Å². The molecule has 0 saturated heterocycles. The zero-order chi connectivity index (χ0) is 19.9. The highest BCUT2D eigenvalue weighted by atomic mass is 16.5. The van der Waals surface area contributed by atoms with E-state index in [-0.39, 0.29) is 17.1 Å². The molecule has 9 nitrogen and oxygen atoms in total. The molecule has 9 heteroatoms. The van der Waals surface area contributed by atoms with Crippen molar-refractivity contribution in [3.63, 3.8) is 0 Å². The third-order valence-corrected chi connectivity index (χ3v) is 4.26. The summed E-state index contributed by atoms with van der Waals surface area (Å²) >= 11 is 0. The lowest BCUT2D eigenvalue weighted by atomic mass is 10.1. The van der Waals surface area contributed by atoms with Crippen LogP contribution in [0.2, 0.25) is 0 Å². The van der Waals surface area contributed by atoms with E-state index in [1.54, 1.807) is 33.2 Å². The molecule has 0 spiro atoms. The lowest BCUT2D eigenvalue weighted by molar-refractivity contribution is 0.0589. The van der Waals surface area contributed by atoms with Gasteiger partial charge in [0.2, 0.25) is 5.43 Å². The second-order valence-electron chi connectivity index (χ2n) is 6.20. The standard InChI is InChI=1S/C18H19N5O4/c1-9-6-7-12-11(8-9)16(24)14(21-22(12)3)17(25)19-13-10(2)20-23(4)15(13)18(26)27-5/h6-8H,1-5H3,(H,19,25). The van der Waals surface area contributed by atoms with Crippen LogP contribution >= 0.6 is 0 Å². The monoisotopic (exact) mass is 369 g/mol. The quantitative estimate of drug-likeness (QED) is 0.698. The van der Waals surface area contributed by atoms with Gasteiger partial charge in [-0.1, -0.05) is 11.6 Å². The zero-order valence-electron chi connectivity index (χ0n) is 15.7. The average Bonchev–Trinajstić information content (AvgIpc) is 2.90. The summed E-state index contributed by atoms with van der Waals surface area (Å²) in [5, 5.41) is 11.2. The molecule has 2 aromatic heterocycles. The van der Waals surface area contributed by atoms with Crippen LogP contribution in [0.3, 0.4) is 0 Å². The molecule has 27 heavy (non-hydrogen) atoms. The smallest absolute Gasteiger partial charge is 0.358 e. The summed E-state index contributed by atoms with van der Waals surface area (Å²) < 4.78 is 7.53. The molecule has 2 heterocycles. The summed E-state index contributed by atoms with van der Waals surface area (Å²) in [5.41, 5.74) is 1.45. The first-order valence-corrected chi connectivity index (χ1v) is 8.15. The van der Waals surface area contributed by atoms with Crippen LogP contribution in [0.5, 0.6) is 0 Å². The molecule has 0 unspecified atom stereocenters. The van der Waals surface area contributed by atoms with Crippen LogP contribution in [-0.4, -0.2) is 38.5 Å². The van der Waals surface area contributed by atoms with Crippen molar-refractivity contribution in [3.05, 3.63) is 51.1 Å². The molecule has 140 valence electrons. The molecule has 0 saturated carbocycles. The molecule has 0 aliphatic heterocycles. The van der Waals surface area contributed by atoms with Gasteiger partial charge < -0.3 is 10.1 Å². The lowest BCUT2D eigenvalue weighted by Gasteiger charge is -2.10. The average molecular weight is 369 g/mol. The molecule has 3 aromatic rings. The van der Waals surface area contributed by atoms with E-state index in [2.05, 4.69) is 15.5 Å². The van der Waals surface area contributed by atoms with E-state index in [0.29, 0.717) is 16.6 Å². The number of aryl methyl sites for hydroxylation is 4. The minimum Gasteiger partial charge on any atom is -0.464 e. The molecule has 1 amide bonds. The first-order valence-electron chi connectivity index (χ1n) is 8.15. The fourth-order valence-electron chi connectivity index (χ4n) is 2.95. The third kappa shape index (κ3) is 3.07. The topological polar surface area (TPSA) is 108 Å². The Kier molecular flexibility index (Phi) is 4.52. The molecule has 0 fully saturated rings. The Labute approximate surface area is 154 Å². The highest BCUT2D eigenvalue weighted by Gasteiger charge is 2.25. The summed E-state index contributed by atoms with van der Waals surface area (Å²) in [6.07, 6.45) is 0. The fraction of sp³-hybridized carbons (Fsp3) is 0.278. The number of rotatable bonds is 3. The molecule has 1 aromatic carbocycles. The van der Waals surface area contributed by atoms with Crippen molar-refractivity contribution in [2.45, 2.75) is 13.8 Å². The van der Waals surface area contributed by atoms with Gasteiger partial charge in [0.25, 0.3) is 5.91 Å². The first-order chi connectivity index (χ1) is 12.7. The maximum Gasteiger partial charge on any atom is 0.358 e. The zero-order valence-corrected chi connectivity index (χ0v) is 15.7. The van der Waals surface area contributed by atoms with Crippen LogP contribution in [0.25, 0.3) is 10.9 Å². The predicted molar refractivity (Wildman–Crippen MR) is 99.0 cm³/mol. The molecule has 0 atom stereocenters. The number of nitrogens with zero attached hydrogens (tertiary/aromatic N) is 4. The molecule has 0 aliphatic rings. The fourth-order valence-corrected chi connectivity index (χ4v) is 2.95. The Hall–Kier alpha value is -3.49. The van der Waals surface area contributed by atoms with Crippen LogP contribution in [0.15, 0.2) is 23.0 Å². The number of hydrogen-bond acceptors (Lipinski definition) is 6. The number of amides is 1. The predicted octanol–water partition coefficient (Wildman–Crippen LogP) is 1.32. The minimum absolute atomic E-state index is 0.0804. The Morgan fingerprint density at radius 2 is 1.81 bits per heavy atom. The van der Waals surface area contributed by atoms with Gasteiger partial charge in [-0.3, -0.25) is 19.0 Å². The van der Waals surface area contributed by atoms with Crippen molar-refractivity contribution in [1.82, 2.24) is 19.6 Å². The summed E-state index contributed by atoms with van der Waals surface area (Å²) in [7, 11) is 4.45. The number of hydrogen-bond donors (Lipinski definition) is 1. The van der Waals surface area contributed by atoms with Crippen molar-refractivity contribution in [1.29, 1.82) is 0 Å². The van der Waals surface area contributed by atoms with Gasteiger partial charge in [0.1, 0.15) is 0 Å². The molecular weight excluding hydrogens is 350 g/mol. The molecular formula is C18H19N5O4. The van der Waals surface area contributed by atoms with Gasteiger partial charge in [-0.25, -0.2) is 4.79 Å². The Morgan fingerprint density at radius 1 is 1.11 bits per heavy atom. The van der Waals surface area contributed by atoms with E-state index >= 15 is 0 Å². The van der Waals surface area contributed by atoms with Gasteiger partial charge >= 0.3 is 5.97 Å². The van der Waals surface area contributed by atoms with Crippen LogP contribution < -0.4 is 10.7 Å². The van der Waals surface area contributed by atoms with Crippen LogP contribution in [0.4, 0.5) is 5.69 Å². The molecule has 0 radical (unpaired) electrons. The van der Waals surface area contributed by atoms with Crippen LogP contribution in [-0.2, 0) is 18.8 Å². The van der Waals surface area contributed by atoms with Gasteiger partial charge in [0.15, 0.2) is 11.4 Å². The number of nitrogens with one attached hydrogen (secondary N) is 1. The van der Waals surface area contributed by atoms with E-state index in [1.807, 2.05) is 13.0 Å². The summed E-state index contributed by atoms with van der Waals surface area (Å²) in [6, 6.07) is 5.36. The SMILES string of the molecule is COC(=O)c1c(NC(=O)c2nn(C)c3ccc(C)cc3c2=O)c(C)nn1C. The summed E-state index contributed by atoms with van der Waals surface area (Å²) in [4.78, 5) is 37.5. The maximum absolute atomic E-state index is 12.8. The van der Waals surface area contributed by atoms with Crippen LogP contribution in [0, 0.1) is 13.8 Å². The number of carbonyl (C=O) groups excluding carboxylic acids is 2. The number of methoxy groups -OCH3 is 1. The number of anilines is 1. The summed E-state index contributed by atoms with van der Waals surface area (Å²) in [5.74, 6) is -1.37. The van der Waals surface area contributed by atoms with E-state index in [1.165, 1.54) is 16.5 Å². The molecule has 1 N–H and O–H groups in total.